The molecule has 1 aromatic rings. The fourth-order valence-electron chi connectivity index (χ4n) is 1.89. The third kappa shape index (κ3) is 1.82. The van der Waals surface area contributed by atoms with E-state index < -0.39 is 0 Å². The summed E-state index contributed by atoms with van der Waals surface area (Å²) < 4.78 is 10.3. The van der Waals surface area contributed by atoms with Crippen LogP contribution in [0.4, 0.5) is 0 Å². The number of benzene rings is 1. The minimum Gasteiger partial charge on any atom is -0.492 e. The van der Waals surface area contributed by atoms with Gasteiger partial charge >= 0.3 is 5.97 Å². The number of hydrogen-bond acceptors (Lipinski definition) is 3. The van der Waals surface area contributed by atoms with Crippen LogP contribution in [0.2, 0.25) is 0 Å². The summed E-state index contributed by atoms with van der Waals surface area (Å²) in [7, 11) is 1.41. The Labute approximate surface area is 89.0 Å². The Morgan fingerprint density at radius 1 is 1.53 bits per heavy atom. The molecule has 15 heavy (non-hydrogen) atoms. The first-order valence-electron chi connectivity index (χ1n) is 5.01. The highest BCUT2D eigenvalue weighted by Crippen LogP contribution is 2.29. The highest BCUT2D eigenvalue weighted by Gasteiger charge is 2.27. The van der Waals surface area contributed by atoms with E-state index >= 15 is 0 Å². The topological polar surface area (TPSA) is 35.5 Å². The van der Waals surface area contributed by atoms with Crippen molar-refractivity contribution in [2.45, 2.75) is 13.3 Å². The van der Waals surface area contributed by atoms with Crippen molar-refractivity contribution >= 4 is 5.97 Å². The zero-order valence-electron chi connectivity index (χ0n) is 8.95. The summed E-state index contributed by atoms with van der Waals surface area (Å²) in [4.78, 5) is 11.4. The number of ether oxygens (including phenoxy) is 2. The van der Waals surface area contributed by atoms with Crippen LogP contribution < -0.4 is 4.74 Å². The molecule has 0 bridgehead atoms. The Bertz CT molecular complexity index is 384. The van der Waals surface area contributed by atoms with Crippen molar-refractivity contribution < 1.29 is 14.3 Å². The number of carbonyl (C=O) groups excluding carboxylic acids is 1. The summed E-state index contributed by atoms with van der Waals surface area (Å²) in [6.45, 7) is 2.45. The van der Waals surface area contributed by atoms with E-state index in [0.29, 0.717) is 13.0 Å². The Morgan fingerprint density at radius 2 is 2.33 bits per heavy atom. The summed E-state index contributed by atoms with van der Waals surface area (Å²) in [6.07, 6.45) is 0.717. The summed E-state index contributed by atoms with van der Waals surface area (Å²) in [5, 5.41) is 0. The number of carbonyl (C=O) groups is 1. The third-order valence-electron chi connectivity index (χ3n) is 2.79. The monoisotopic (exact) mass is 206 g/mol. The predicted octanol–water partition coefficient (Wildman–Crippen LogP) is 1.72. The number of rotatable bonds is 1. The molecule has 0 aliphatic carbocycles. The Morgan fingerprint density at radius 3 is 3.07 bits per heavy atom. The summed E-state index contributed by atoms with van der Waals surface area (Å²) >= 11 is 0. The molecule has 1 heterocycles. The van der Waals surface area contributed by atoms with Gasteiger partial charge in [0.1, 0.15) is 12.4 Å². The molecule has 1 atom stereocenters. The maximum atomic E-state index is 11.4. The average molecular weight is 206 g/mol. The molecule has 0 aromatic heterocycles. The van der Waals surface area contributed by atoms with Crippen LogP contribution in [-0.4, -0.2) is 19.7 Å². The number of fused-ring (bicyclic) bond motifs is 1. The fourth-order valence-corrected chi connectivity index (χ4v) is 1.89. The highest BCUT2D eigenvalue weighted by molar-refractivity contribution is 5.73. The first-order valence-corrected chi connectivity index (χ1v) is 5.01. The van der Waals surface area contributed by atoms with Crippen molar-refractivity contribution in [3.8, 4) is 5.75 Å². The van der Waals surface area contributed by atoms with Crippen molar-refractivity contribution in [3.63, 3.8) is 0 Å². The van der Waals surface area contributed by atoms with Crippen LogP contribution in [0, 0.1) is 12.8 Å². The summed E-state index contributed by atoms with van der Waals surface area (Å²) in [5.74, 6) is 0.544. The molecule has 0 radical (unpaired) electrons. The number of esters is 1. The van der Waals surface area contributed by atoms with E-state index in [-0.39, 0.29) is 11.9 Å². The smallest absolute Gasteiger partial charge is 0.312 e. The van der Waals surface area contributed by atoms with Gasteiger partial charge in [0, 0.05) is 0 Å². The van der Waals surface area contributed by atoms with E-state index in [4.69, 9.17) is 9.47 Å². The zero-order valence-corrected chi connectivity index (χ0v) is 8.95. The van der Waals surface area contributed by atoms with Crippen LogP contribution in [0.3, 0.4) is 0 Å². The molecule has 1 aliphatic heterocycles. The SMILES string of the molecule is COC(=O)C1COc2cccc(C)c2C1. The molecular formula is C12H14O3. The Balaban J connectivity index is 2.26. The second-order valence-electron chi connectivity index (χ2n) is 3.79. The lowest BCUT2D eigenvalue weighted by Gasteiger charge is -2.24. The molecule has 0 spiro atoms. The van der Waals surface area contributed by atoms with Crippen molar-refractivity contribution in [2.24, 2.45) is 5.92 Å². The lowest BCUT2D eigenvalue weighted by Crippen LogP contribution is -2.29. The van der Waals surface area contributed by atoms with Crippen LogP contribution in [0.1, 0.15) is 11.1 Å². The number of aryl methyl sites for hydroxylation is 1. The molecule has 1 aliphatic rings. The second kappa shape index (κ2) is 3.93. The van der Waals surface area contributed by atoms with E-state index in [1.165, 1.54) is 12.7 Å². The van der Waals surface area contributed by atoms with Gasteiger partial charge in [0.15, 0.2) is 0 Å². The van der Waals surface area contributed by atoms with Crippen molar-refractivity contribution in [3.05, 3.63) is 29.3 Å². The molecule has 1 unspecified atom stereocenters. The van der Waals surface area contributed by atoms with Gasteiger partial charge in [-0.2, -0.15) is 0 Å². The predicted molar refractivity (Wildman–Crippen MR) is 55.9 cm³/mol. The van der Waals surface area contributed by atoms with Gasteiger partial charge in [-0.05, 0) is 30.5 Å². The molecular weight excluding hydrogens is 192 g/mol. The second-order valence-corrected chi connectivity index (χ2v) is 3.79. The van der Waals surface area contributed by atoms with Crippen molar-refractivity contribution in [1.29, 1.82) is 0 Å². The third-order valence-corrected chi connectivity index (χ3v) is 2.79. The molecule has 3 heteroatoms. The molecule has 0 saturated heterocycles. The maximum absolute atomic E-state index is 11.4. The van der Waals surface area contributed by atoms with E-state index in [0.717, 1.165) is 11.3 Å². The molecule has 1 aromatic carbocycles. The summed E-state index contributed by atoms with van der Waals surface area (Å²) in [5.41, 5.74) is 2.29. The first kappa shape index (κ1) is 10.0. The fraction of sp³-hybridized carbons (Fsp3) is 0.417. The maximum Gasteiger partial charge on any atom is 0.312 e. The quantitative estimate of drug-likeness (QED) is 0.656. The normalized spacial score (nSPS) is 18.9. The van der Waals surface area contributed by atoms with E-state index in [2.05, 4.69) is 0 Å². The van der Waals surface area contributed by atoms with Crippen molar-refractivity contribution in [1.82, 2.24) is 0 Å². The number of hydrogen-bond donors (Lipinski definition) is 0. The molecule has 0 fully saturated rings. The lowest BCUT2D eigenvalue weighted by atomic mass is 9.93. The van der Waals surface area contributed by atoms with E-state index in [9.17, 15) is 4.79 Å². The Hall–Kier alpha value is -1.51. The van der Waals surface area contributed by atoms with Crippen LogP contribution >= 0.6 is 0 Å². The van der Waals surface area contributed by atoms with Gasteiger partial charge in [0.2, 0.25) is 0 Å². The zero-order chi connectivity index (χ0) is 10.8. The molecule has 3 nitrogen and oxygen atoms in total. The molecule has 0 N–H and O–H groups in total. The first-order chi connectivity index (χ1) is 7.22. The highest BCUT2D eigenvalue weighted by atomic mass is 16.5. The van der Waals surface area contributed by atoms with Crippen LogP contribution in [0.5, 0.6) is 5.75 Å². The largest absolute Gasteiger partial charge is 0.492 e. The lowest BCUT2D eigenvalue weighted by molar-refractivity contribution is -0.146. The van der Waals surface area contributed by atoms with Gasteiger partial charge in [0.05, 0.1) is 13.0 Å². The summed E-state index contributed by atoms with van der Waals surface area (Å²) in [6, 6.07) is 5.93. The average Bonchev–Trinajstić information content (AvgIpc) is 2.28. The van der Waals surface area contributed by atoms with Gasteiger partial charge in [-0.15, -0.1) is 0 Å². The minimum absolute atomic E-state index is 0.163. The molecule has 2 rings (SSSR count). The van der Waals surface area contributed by atoms with Crippen LogP contribution in [0.15, 0.2) is 18.2 Å². The number of methoxy groups -OCH3 is 1. The van der Waals surface area contributed by atoms with Crippen LogP contribution in [-0.2, 0) is 16.0 Å². The molecule has 0 saturated carbocycles. The van der Waals surface area contributed by atoms with Gasteiger partial charge < -0.3 is 9.47 Å². The van der Waals surface area contributed by atoms with E-state index in [1.807, 2.05) is 25.1 Å². The minimum atomic E-state index is -0.191. The van der Waals surface area contributed by atoms with Crippen LogP contribution in [0.25, 0.3) is 0 Å². The van der Waals surface area contributed by atoms with Gasteiger partial charge in [-0.3, -0.25) is 4.79 Å². The van der Waals surface area contributed by atoms with E-state index in [1.54, 1.807) is 0 Å². The Kier molecular flexibility index (Phi) is 2.62. The van der Waals surface area contributed by atoms with Gasteiger partial charge in [-0.25, -0.2) is 0 Å². The van der Waals surface area contributed by atoms with Crippen molar-refractivity contribution in [2.75, 3.05) is 13.7 Å². The molecule has 0 amide bonds. The molecule has 80 valence electrons. The standard InChI is InChI=1S/C12H14O3/c1-8-4-3-5-11-10(8)6-9(7-15-11)12(13)14-2/h3-5,9H,6-7H2,1-2H3. The van der Waals surface area contributed by atoms with Gasteiger partial charge in [-0.1, -0.05) is 12.1 Å². The van der Waals surface area contributed by atoms with Gasteiger partial charge in [0.25, 0.3) is 0 Å².